The van der Waals surface area contributed by atoms with Gasteiger partial charge >= 0.3 is 0 Å². The summed E-state index contributed by atoms with van der Waals surface area (Å²) in [4.78, 5) is 23.7. The summed E-state index contributed by atoms with van der Waals surface area (Å²) < 4.78 is 10.3. The molecule has 0 bridgehead atoms. The third-order valence-electron chi connectivity index (χ3n) is 3.26. The Hall–Kier alpha value is -2.83. The van der Waals surface area contributed by atoms with Crippen LogP contribution in [0.25, 0.3) is 0 Å². The first-order valence-corrected chi connectivity index (χ1v) is 7.18. The highest BCUT2D eigenvalue weighted by Crippen LogP contribution is 2.29. The summed E-state index contributed by atoms with van der Waals surface area (Å²) in [7, 11) is 1.51. The number of hydrogen-bond acceptors (Lipinski definition) is 5. The maximum Gasteiger partial charge on any atom is 0.261 e. The van der Waals surface area contributed by atoms with E-state index in [2.05, 4.69) is 15.8 Å². The fraction of sp³-hybridized carbons (Fsp3) is 0.312. The van der Waals surface area contributed by atoms with Crippen LogP contribution in [0.2, 0.25) is 0 Å². The lowest BCUT2D eigenvalue weighted by molar-refractivity contribution is -0.114. The molecule has 2 N–H and O–H groups in total. The van der Waals surface area contributed by atoms with Crippen molar-refractivity contribution >= 4 is 23.2 Å². The van der Waals surface area contributed by atoms with Crippen molar-refractivity contribution in [3.05, 3.63) is 35.2 Å². The summed E-state index contributed by atoms with van der Waals surface area (Å²) in [6.07, 6.45) is 0.586. The minimum Gasteiger partial charge on any atom is -0.495 e. The Morgan fingerprint density at radius 2 is 2.04 bits per heavy atom. The number of rotatable bonds is 5. The summed E-state index contributed by atoms with van der Waals surface area (Å²) in [5, 5.41) is 9.31. The summed E-state index contributed by atoms with van der Waals surface area (Å²) in [6, 6.07) is 4.99. The van der Waals surface area contributed by atoms with Crippen LogP contribution in [0, 0.1) is 6.92 Å². The molecule has 122 valence electrons. The number of anilines is 2. The van der Waals surface area contributed by atoms with Gasteiger partial charge in [-0.15, -0.1) is 0 Å². The standard InChI is InChI=1S/C16H19N3O4/c1-5-12-15(9(2)23-19-12)16(21)18-13-8-11(17-10(3)20)6-7-14(13)22-4/h6-8H,5H2,1-4H3,(H,17,20)(H,18,21). The fourth-order valence-electron chi connectivity index (χ4n) is 2.22. The van der Waals surface area contributed by atoms with Crippen LogP contribution >= 0.6 is 0 Å². The van der Waals surface area contributed by atoms with Crippen molar-refractivity contribution in [3.63, 3.8) is 0 Å². The van der Waals surface area contributed by atoms with Gasteiger partial charge in [-0.2, -0.15) is 0 Å². The lowest BCUT2D eigenvalue weighted by Gasteiger charge is -2.12. The predicted octanol–water partition coefficient (Wildman–Crippen LogP) is 2.76. The molecule has 1 aromatic carbocycles. The zero-order valence-electron chi connectivity index (χ0n) is 13.5. The molecule has 1 aromatic heterocycles. The normalized spacial score (nSPS) is 10.3. The molecule has 1 heterocycles. The number of benzene rings is 1. The Morgan fingerprint density at radius 1 is 1.30 bits per heavy atom. The van der Waals surface area contributed by atoms with E-state index in [0.29, 0.717) is 40.6 Å². The second-order valence-electron chi connectivity index (χ2n) is 4.96. The number of aromatic nitrogens is 1. The molecule has 0 unspecified atom stereocenters. The Labute approximate surface area is 134 Å². The van der Waals surface area contributed by atoms with E-state index in [9.17, 15) is 9.59 Å². The molecule has 0 aliphatic carbocycles. The molecule has 0 radical (unpaired) electrons. The van der Waals surface area contributed by atoms with Gasteiger partial charge in [-0.3, -0.25) is 9.59 Å². The monoisotopic (exact) mass is 317 g/mol. The van der Waals surface area contributed by atoms with Crippen molar-refractivity contribution in [1.82, 2.24) is 5.16 Å². The molecule has 7 nitrogen and oxygen atoms in total. The van der Waals surface area contributed by atoms with Gasteiger partial charge in [0.2, 0.25) is 5.91 Å². The van der Waals surface area contributed by atoms with Crippen LogP contribution in [0.4, 0.5) is 11.4 Å². The van der Waals surface area contributed by atoms with Crippen molar-refractivity contribution in [2.24, 2.45) is 0 Å². The van der Waals surface area contributed by atoms with Gasteiger partial charge in [0, 0.05) is 12.6 Å². The highest BCUT2D eigenvalue weighted by atomic mass is 16.5. The zero-order valence-corrected chi connectivity index (χ0v) is 13.5. The maximum absolute atomic E-state index is 12.5. The van der Waals surface area contributed by atoms with Crippen LogP contribution in [0.5, 0.6) is 5.75 Å². The molecule has 2 amide bonds. The van der Waals surface area contributed by atoms with E-state index in [0.717, 1.165) is 0 Å². The molecule has 0 aliphatic heterocycles. The van der Waals surface area contributed by atoms with Crippen LogP contribution in [-0.2, 0) is 11.2 Å². The number of nitrogens with one attached hydrogen (secondary N) is 2. The highest BCUT2D eigenvalue weighted by Gasteiger charge is 2.20. The van der Waals surface area contributed by atoms with E-state index in [1.807, 2.05) is 6.92 Å². The molecule has 2 aromatic rings. The summed E-state index contributed by atoms with van der Waals surface area (Å²) in [5.41, 5.74) is 2.02. The largest absolute Gasteiger partial charge is 0.495 e. The lowest BCUT2D eigenvalue weighted by atomic mass is 10.1. The van der Waals surface area contributed by atoms with Gasteiger partial charge in [0.15, 0.2) is 0 Å². The molecule has 2 rings (SSSR count). The average Bonchev–Trinajstić information content (AvgIpc) is 2.88. The first-order chi connectivity index (χ1) is 11.0. The molecular formula is C16H19N3O4. The number of aryl methyl sites for hydroxylation is 2. The molecule has 23 heavy (non-hydrogen) atoms. The Kier molecular flexibility index (Phi) is 5.00. The maximum atomic E-state index is 12.5. The molecule has 0 saturated heterocycles. The quantitative estimate of drug-likeness (QED) is 0.884. The number of ether oxygens (including phenoxy) is 1. The van der Waals surface area contributed by atoms with E-state index >= 15 is 0 Å². The number of hydrogen-bond donors (Lipinski definition) is 2. The lowest BCUT2D eigenvalue weighted by Crippen LogP contribution is -2.15. The number of carbonyl (C=O) groups excluding carboxylic acids is 2. The van der Waals surface area contributed by atoms with Crippen molar-refractivity contribution in [1.29, 1.82) is 0 Å². The van der Waals surface area contributed by atoms with E-state index in [-0.39, 0.29) is 11.8 Å². The number of nitrogens with zero attached hydrogens (tertiary/aromatic N) is 1. The van der Waals surface area contributed by atoms with Crippen molar-refractivity contribution in [3.8, 4) is 5.75 Å². The first kappa shape index (κ1) is 16.5. The predicted molar refractivity (Wildman–Crippen MR) is 85.9 cm³/mol. The van der Waals surface area contributed by atoms with Crippen LogP contribution in [0.1, 0.15) is 35.7 Å². The third kappa shape index (κ3) is 3.68. The highest BCUT2D eigenvalue weighted by molar-refractivity contribution is 6.06. The second kappa shape index (κ2) is 6.95. The molecular weight excluding hydrogens is 298 g/mol. The number of amides is 2. The van der Waals surface area contributed by atoms with Gasteiger partial charge in [-0.05, 0) is 31.5 Å². The van der Waals surface area contributed by atoms with Crippen molar-refractivity contribution in [2.45, 2.75) is 27.2 Å². The van der Waals surface area contributed by atoms with Gasteiger partial charge in [0.25, 0.3) is 5.91 Å². The molecule has 0 saturated carbocycles. The Morgan fingerprint density at radius 3 is 2.65 bits per heavy atom. The van der Waals surface area contributed by atoms with Gasteiger partial charge in [0.1, 0.15) is 17.1 Å². The molecule has 0 spiro atoms. The van der Waals surface area contributed by atoms with Gasteiger partial charge in [0.05, 0.1) is 18.5 Å². The SMILES string of the molecule is CCc1noc(C)c1C(=O)Nc1cc(NC(C)=O)ccc1OC. The number of carbonyl (C=O) groups is 2. The zero-order chi connectivity index (χ0) is 17.0. The molecule has 0 fully saturated rings. The summed E-state index contributed by atoms with van der Waals surface area (Å²) >= 11 is 0. The molecule has 7 heteroatoms. The van der Waals surface area contributed by atoms with Crippen molar-refractivity contribution < 1.29 is 18.8 Å². The Balaban J connectivity index is 2.32. The summed E-state index contributed by atoms with van der Waals surface area (Å²) in [5.74, 6) is 0.408. The van der Waals surface area contributed by atoms with Crippen LogP contribution in [0.15, 0.2) is 22.7 Å². The first-order valence-electron chi connectivity index (χ1n) is 7.18. The molecule has 0 atom stereocenters. The van der Waals surface area contributed by atoms with Crippen LogP contribution in [0.3, 0.4) is 0 Å². The van der Waals surface area contributed by atoms with E-state index < -0.39 is 0 Å². The van der Waals surface area contributed by atoms with Gasteiger partial charge in [-0.1, -0.05) is 12.1 Å². The smallest absolute Gasteiger partial charge is 0.261 e. The van der Waals surface area contributed by atoms with E-state index in [1.165, 1.54) is 14.0 Å². The number of methoxy groups -OCH3 is 1. The van der Waals surface area contributed by atoms with Gasteiger partial charge in [-0.25, -0.2) is 0 Å². The topological polar surface area (TPSA) is 93.5 Å². The second-order valence-corrected chi connectivity index (χ2v) is 4.96. The van der Waals surface area contributed by atoms with Crippen molar-refractivity contribution in [2.75, 3.05) is 17.7 Å². The Bertz CT molecular complexity index is 737. The summed E-state index contributed by atoms with van der Waals surface area (Å²) in [6.45, 7) is 4.99. The molecule has 0 aliphatic rings. The average molecular weight is 317 g/mol. The fourth-order valence-corrected chi connectivity index (χ4v) is 2.22. The minimum absolute atomic E-state index is 0.199. The third-order valence-corrected chi connectivity index (χ3v) is 3.26. The van der Waals surface area contributed by atoms with E-state index in [1.54, 1.807) is 25.1 Å². The minimum atomic E-state index is -0.334. The van der Waals surface area contributed by atoms with E-state index in [4.69, 9.17) is 9.26 Å². The van der Waals surface area contributed by atoms with Crippen LogP contribution < -0.4 is 15.4 Å². The van der Waals surface area contributed by atoms with Gasteiger partial charge < -0.3 is 19.9 Å². The van der Waals surface area contributed by atoms with Crippen LogP contribution in [-0.4, -0.2) is 24.1 Å².